The molecule has 0 aliphatic rings. The first-order valence-corrected chi connectivity index (χ1v) is 10.5. The number of methoxy groups -OCH3 is 1. The fourth-order valence-electron chi connectivity index (χ4n) is 2.72. The molecule has 0 aliphatic carbocycles. The lowest BCUT2D eigenvalue weighted by Crippen LogP contribution is -2.24. The van der Waals surface area contributed by atoms with Crippen LogP contribution in [0, 0.1) is 6.92 Å². The summed E-state index contributed by atoms with van der Waals surface area (Å²) < 4.78 is 16.1. The molecule has 7 nitrogen and oxygen atoms in total. The number of nitrogens with one attached hydrogen (secondary N) is 1. The predicted molar refractivity (Wildman–Crippen MR) is 127 cm³/mol. The molecule has 0 fully saturated rings. The summed E-state index contributed by atoms with van der Waals surface area (Å²) in [5, 5.41) is 4.49. The highest BCUT2D eigenvalue weighted by atomic mass is 35.5. The Bertz CT molecular complexity index is 1200. The van der Waals surface area contributed by atoms with Gasteiger partial charge in [0.1, 0.15) is 5.75 Å². The van der Waals surface area contributed by atoms with Crippen LogP contribution in [0.1, 0.15) is 21.5 Å². The van der Waals surface area contributed by atoms with Crippen molar-refractivity contribution in [1.82, 2.24) is 5.43 Å². The monoisotopic (exact) mass is 486 g/mol. The SMILES string of the molecule is COc1cc(/C=N\NC(=O)COc2cccc(C)c2)ccc1OC(=O)c1ccc(Cl)cc1Cl. The van der Waals surface area contributed by atoms with Crippen LogP contribution < -0.4 is 19.6 Å². The first-order valence-electron chi connectivity index (χ1n) is 9.72. The van der Waals surface area contributed by atoms with E-state index in [2.05, 4.69) is 10.5 Å². The van der Waals surface area contributed by atoms with Crippen molar-refractivity contribution in [1.29, 1.82) is 0 Å². The summed E-state index contributed by atoms with van der Waals surface area (Å²) in [6, 6.07) is 16.7. The van der Waals surface area contributed by atoms with E-state index in [-0.39, 0.29) is 22.9 Å². The lowest BCUT2D eigenvalue weighted by Gasteiger charge is -2.10. The van der Waals surface area contributed by atoms with Crippen molar-refractivity contribution in [3.63, 3.8) is 0 Å². The molecule has 3 rings (SSSR count). The largest absolute Gasteiger partial charge is 0.493 e. The minimum atomic E-state index is -0.655. The van der Waals surface area contributed by atoms with Crippen molar-refractivity contribution in [2.45, 2.75) is 6.92 Å². The summed E-state index contributed by atoms with van der Waals surface area (Å²) in [6.45, 7) is 1.76. The third kappa shape index (κ3) is 6.97. The third-order valence-electron chi connectivity index (χ3n) is 4.30. The minimum absolute atomic E-state index is 0.171. The van der Waals surface area contributed by atoms with Crippen molar-refractivity contribution in [3.8, 4) is 17.2 Å². The maximum Gasteiger partial charge on any atom is 0.345 e. The molecule has 0 unspecified atom stereocenters. The molecule has 0 aromatic heterocycles. The Hall–Kier alpha value is -3.55. The number of ether oxygens (including phenoxy) is 3. The summed E-state index contributed by atoms with van der Waals surface area (Å²) >= 11 is 11.9. The number of halogens is 2. The molecule has 170 valence electrons. The van der Waals surface area contributed by atoms with Crippen LogP contribution in [0.2, 0.25) is 10.0 Å². The summed E-state index contributed by atoms with van der Waals surface area (Å²) in [5.41, 5.74) is 4.20. The highest BCUT2D eigenvalue weighted by Crippen LogP contribution is 2.30. The number of carbonyl (C=O) groups excluding carboxylic acids is 2. The summed E-state index contributed by atoms with van der Waals surface area (Å²) in [5.74, 6) is 0.0269. The predicted octanol–water partition coefficient (Wildman–Crippen LogP) is 5.06. The van der Waals surface area contributed by atoms with E-state index in [1.54, 1.807) is 30.3 Å². The Labute approximate surface area is 200 Å². The molecule has 0 aliphatic heterocycles. The van der Waals surface area contributed by atoms with Crippen molar-refractivity contribution >= 4 is 41.3 Å². The molecular formula is C24H20Cl2N2O5. The van der Waals surface area contributed by atoms with E-state index in [0.717, 1.165) is 5.56 Å². The molecular weight excluding hydrogens is 467 g/mol. The van der Waals surface area contributed by atoms with Gasteiger partial charge in [0.25, 0.3) is 5.91 Å². The maximum absolute atomic E-state index is 12.4. The molecule has 1 amide bonds. The van der Waals surface area contributed by atoms with Gasteiger partial charge in [-0.2, -0.15) is 5.10 Å². The molecule has 0 atom stereocenters. The number of nitrogens with zero attached hydrogens (tertiary/aromatic N) is 1. The van der Waals surface area contributed by atoms with E-state index in [1.807, 2.05) is 25.1 Å². The number of carbonyl (C=O) groups is 2. The maximum atomic E-state index is 12.4. The summed E-state index contributed by atoms with van der Waals surface area (Å²) in [7, 11) is 1.44. The molecule has 9 heteroatoms. The topological polar surface area (TPSA) is 86.2 Å². The number of hydrogen-bond donors (Lipinski definition) is 1. The number of benzene rings is 3. The van der Waals surface area contributed by atoms with Crippen molar-refractivity contribution < 1.29 is 23.8 Å². The minimum Gasteiger partial charge on any atom is -0.493 e. The Balaban J connectivity index is 1.59. The van der Waals surface area contributed by atoms with Gasteiger partial charge in [-0.3, -0.25) is 4.79 Å². The van der Waals surface area contributed by atoms with Gasteiger partial charge in [0.2, 0.25) is 0 Å². The molecule has 0 saturated carbocycles. The first kappa shape index (κ1) is 24.1. The molecule has 0 bridgehead atoms. The van der Waals surface area contributed by atoms with Crippen molar-refractivity contribution in [2.24, 2.45) is 5.10 Å². The number of aryl methyl sites for hydroxylation is 1. The Morgan fingerprint density at radius 1 is 1.03 bits per heavy atom. The van der Waals surface area contributed by atoms with Crippen LogP contribution in [0.4, 0.5) is 0 Å². The molecule has 0 heterocycles. The Morgan fingerprint density at radius 3 is 2.58 bits per heavy atom. The highest BCUT2D eigenvalue weighted by Gasteiger charge is 2.16. The lowest BCUT2D eigenvalue weighted by atomic mass is 10.2. The van der Waals surface area contributed by atoms with E-state index in [9.17, 15) is 9.59 Å². The average Bonchev–Trinajstić information content (AvgIpc) is 2.78. The Morgan fingerprint density at radius 2 is 1.85 bits per heavy atom. The van der Waals surface area contributed by atoms with Gasteiger partial charge in [0, 0.05) is 5.02 Å². The number of rotatable bonds is 8. The van der Waals surface area contributed by atoms with Gasteiger partial charge < -0.3 is 14.2 Å². The fraction of sp³-hybridized carbons (Fsp3) is 0.125. The molecule has 0 saturated heterocycles. The first-order chi connectivity index (χ1) is 15.9. The van der Waals surface area contributed by atoms with Gasteiger partial charge in [-0.15, -0.1) is 0 Å². The van der Waals surface area contributed by atoms with Crippen molar-refractivity contribution in [2.75, 3.05) is 13.7 Å². The van der Waals surface area contributed by atoms with Gasteiger partial charge in [0.15, 0.2) is 18.1 Å². The zero-order valence-electron chi connectivity index (χ0n) is 17.8. The number of amides is 1. The third-order valence-corrected chi connectivity index (χ3v) is 4.85. The van der Waals surface area contributed by atoms with E-state index in [1.165, 1.54) is 25.5 Å². The van der Waals surface area contributed by atoms with Gasteiger partial charge in [-0.25, -0.2) is 10.2 Å². The van der Waals surface area contributed by atoms with Crippen LogP contribution in [-0.2, 0) is 4.79 Å². The second-order valence-electron chi connectivity index (χ2n) is 6.82. The van der Waals surface area contributed by atoms with Crippen molar-refractivity contribution in [3.05, 3.63) is 87.4 Å². The standard InChI is InChI=1S/C24H20Cl2N2O5/c1-15-4-3-5-18(10-15)32-14-23(29)28-27-13-16-6-9-21(22(11-16)31-2)33-24(30)19-8-7-17(25)12-20(19)26/h3-13H,14H2,1-2H3,(H,28,29)/b27-13-. The van der Waals surface area contributed by atoms with Crippen LogP contribution in [0.15, 0.2) is 65.8 Å². The number of hydrazone groups is 1. The molecule has 0 radical (unpaired) electrons. The number of hydrogen-bond acceptors (Lipinski definition) is 6. The average molecular weight is 487 g/mol. The lowest BCUT2D eigenvalue weighted by molar-refractivity contribution is -0.123. The van der Waals surface area contributed by atoms with Crippen LogP contribution >= 0.6 is 23.2 Å². The normalized spacial score (nSPS) is 10.7. The van der Waals surface area contributed by atoms with E-state index < -0.39 is 11.9 Å². The zero-order chi connectivity index (χ0) is 23.8. The van der Waals surface area contributed by atoms with Crippen LogP contribution in [0.5, 0.6) is 17.2 Å². The van der Waals surface area contributed by atoms with Crippen LogP contribution in [-0.4, -0.2) is 31.8 Å². The molecule has 0 spiro atoms. The number of esters is 1. The Kier molecular flexibility index (Phi) is 8.29. The summed E-state index contributed by atoms with van der Waals surface area (Å²) in [6.07, 6.45) is 1.43. The van der Waals surface area contributed by atoms with Crippen LogP contribution in [0.3, 0.4) is 0 Å². The smallest absolute Gasteiger partial charge is 0.345 e. The van der Waals surface area contributed by atoms with E-state index >= 15 is 0 Å². The van der Waals surface area contributed by atoms with Crippen LogP contribution in [0.25, 0.3) is 0 Å². The fourth-order valence-corrected chi connectivity index (χ4v) is 3.21. The molecule has 1 N–H and O–H groups in total. The zero-order valence-corrected chi connectivity index (χ0v) is 19.3. The molecule has 33 heavy (non-hydrogen) atoms. The van der Waals surface area contributed by atoms with Gasteiger partial charge in [-0.1, -0.05) is 35.3 Å². The second-order valence-corrected chi connectivity index (χ2v) is 7.67. The highest BCUT2D eigenvalue weighted by molar-refractivity contribution is 6.36. The van der Waals surface area contributed by atoms with E-state index in [4.69, 9.17) is 37.4 Å². The van der Waals surface area contributed by atoms with Gasteiger partial charge in [-0.05, 0) is 66.6 Å². The quantitative estimate of drug-likeness (QED) is 0.208. The molecule has 3 aromatic rings. The van der Waals surface area contributed by atoms with Gasteiger partial charge in [0.05, 0.1) is 23.9 Å². The summed E-state index contributed by atoms with van der Waals surface area (Å²) in [4.78, 5) is 24.4. The molecule has 3 aromatic carbocycles. The second kappa shape index (κ2) is 11.4. The van der Waals surface area contributed by atoms with E-state index in [0.29, 0.717) is 22.1 Å². The van der Waals surface area contributed by atoms with Gasteiger partial charge >= 0.3 is 5.97 Å².